The first-order valence-corrected chi connectivity index (χ1v) is 8.56. The zero-order chi connectivity index (χ0) is 17.2. The number of carbonyl (C=O) groups is 1. The average Bonchev–Trinajstić information content (AvgIpc) is 2.93. The molecule has 6 nitrogen and oxygen atoms in total. The van der Waals surface area contributed by atoms with Gasteiger partial charge in [0.2, 0.25) is 0 Å². The zero-order valence-electron chi connectivity index (χ0n) is 14.2. The average molecular weight is 336 g/mol. The Kier molecular flexibility index (Phi) is 4.09. The third kappa shape index (κ3) is 2.95. The molecule has 1 aromatic carbocycles. The van der Waals surface area contributed by atoms with Gasteiger partial charge in [-0.3, -0.25) is 4.79 Å². The lowest BCUT2D eigenvalue weighted by atomic mass is 10.1. The number of carbonyl (C=O) groups excluding carboxylic acids is 1. The van der Waals surface area contributed by atoms with Crippen LogP contribution in [-0.2, 0) is 12.8 Å². The summed E-state index contributed by atoms with van der Waals surface area (Å²) in [6, 6.07) is 7.23. The van der Waals surface area contributed by atoms with Crippen LogP contribution in [0.2, 0.25) is 0 Å². The molecule has 3 aromatic rings. The Morgan fingerprint density at radius 2 is 1.92 bits per heavy atom. The number of aromatic nitrogens is 3. The first-order valence-electron chi connectivity index (χ1n) is 8.56. The normalized spacial score (nSPS) is 14.0. The molecule has 2 heterocycles. The van der Waals surface area contributed by atoms with Gasteiger partial charge in [0, 0.05) is 17.6 Å². The highest BCUT2D eigenvalue weighted by Gasteiger charge is 2.19. The number of hydrogen-bond donors (Lipinski definition) is 1. The Labute approximate surface area is 145 Å². The van der Waals surface area contributed by atoms with Crippen LogP contribution < -0.4 is 10.1 Å². The first kappa shape index (κ1) is 15.6. The summed E-state index contributed by atoms with van der Waals surface area (Å²) in [5, 5.41) is 7.33. The van der Waals surface area contributed by atoms with E-state index in [1.807, 2.05) is 35.0 Å². The van der Waals surface area contributed by atoms with E-state index in [9.17, 15) is 4.79 Å². The van der Waals surface area contributed by atoms with Gasteiger partial charge in [-0.2, -0.15) is 5.10 Å². The van der Waals surface area contributed by atoms with Crippen molar-refractivity contribution in [2.45, 2.75) is 32.1 Å². The Morgan fingerprint density at radius 3 is 2.72 bits per heavy atom. The van der Waals surface area contributed by atoms with Crippen LogP contribution in [0.1, 0.15) is 40.9 Å². The van der Waals surface area contributed by atoms with Gasteiger partial charge >= 0.3 is 0 Å². The summed E-state index contributed by atoms with van der Waals surface area (Å²) >= 11 is 0. The van der Waals surface area contributed by atoms with E-state index in [-0.39, 0.29) is 5.91 Å². The van der Waals surface area contributed by atoms with Gasteiger partial charge in [0.15, 0.2) is 5.65 Å². The first-order chi connectivity index (χ1) is 12.3. The lowest BCUT2D eigenvalue weighted by molar-refractivity contribution is 0.102. The number of hydrogen-bond acceptors (Lipinski definition) is 4. The largest absolute Gasteiger partial charge is 0.497 e. The van der Waals surface area contributed by atoms with Crippen LogP contribution in [0, 0.1) is 0 Å². The highest BCUT2D eigenvalue weighted by molar-refractivity contribution is 6.08. The standard InChI is InChI=1S/C19H20N4O2/c1-25-15-9-7-14(8-10-15)22-19(24)16-12-21-23-17-6-4-2-3-5-13(17)11-20-18(16)23/h7-12H,2-6H2,1H3,(H,22,24). The SMILES string of the molecule is COc1ccc(NC(=O)c2cnn3c4c(cnc23)CCCCC4)cc1. The lowest BCUT2D eigenvalue weighted by Crippen LogP contribution is -2.12. The second kappa shape index (κ2) is 6.55. The molecule has 1 N–H and O–H groups in total. The molecule has 0 radical (unpaired) electrons. The molecule has 0 saturated heterocycles. The van der Waals surface area contributed by atoms with Crippen LogP contribution in [0.25, 0.3) is 5.65 Å². The molecular formula is C19H20N4O2. The third-order valence-corrected chi connectivity index (χ3v) is 4.67. The highest BCUT2D eigenvalue weighted by Crippen LogP contribution is 2.22. The van der Waals surface area contributed by atoms with Gasteiger partial charge in [-0.15, -0.1) is 0 Å². The maximum atomic E-state index is 12.6. The molecule has 4 rings (SSSR count). The van der Waals surface area contributed by atoms with Gasteiger partial charge in [-0.05, 0) is 55.5 Å². The van der Waals surface area contributed by atoms with Crippen molar-refractivity contribution in [1.29, 1.82) is 0 Å². The van der Waals surface area contributed by atoms with Gasteiger partial charge < -0.3 is 10.1 Å². The molecule has 0 fully saturated rings. The molecule has 0 spiro atoms. The minimum atomic E-state index is -0.207. The van der Waals surface area contributed by atoms with Gasteiger partial charge in [0.05, 0.1) is 13.3 Å². The Balaban J connectivity index is 1.64. The Hall–Kier alpha value is -2.89. The quantitative estimate of drug-likeness (QED) is 0.746. The minimum Gasteiger partial charge on any atom is -0.497 e. The van der Waals surface area contributed by atoms with Gasteiger partial charge in [-0.25, -0.2) is 9.50 Å². The van der Waals surface area contributed by atoms with E-state index in [2.05, 4.69) is 15.4 Å². The minimum absolute atomic E-state index is 0.207. The molecule has 2 aromatic heterocycles. The number of ether oxygens (including phenoxy) is 1. The van der Waals surface area contributed by atoms with E-state index in [1.165, 1.54) is 24.1 Å². The predicted molar refractivity (Wildman–Crippen MR) is 95.2 cm³/mol. The predicted octanol–water partition coefficient (Wildman–Crippen LogP) is 3.26. The number of methoxy groups -OCH3 is 1. The zero-order valence-corrected chi connectivity index (χ0v) is 14.2. The fraction of sp³-hybridized carbons (Fsp3) is 0.316. The van der Waals surface area contributed by atoms with Gasteiger partial charge in [-0.1, -0.05) is 6.42 Å². The molecular weight excluding hydrogens is 316 g/mol. The molecule has 0 atom stereocenters. The third-order valence-electron chi connectivity index (χ3n) is 4.67. The van der Waals surface area contributed by atoms with Gasteiger partial charge in [0.25, 0.3) is 5.91 Å². The second-order valence-corrected chi connectivity index (χ2v) is 6.27. The van der Waals surface area contributed by atoms with E-state index in [4.69, 9.17) is 4.74 Å². The highest BCUT2D eigenvalue weighted by atomic mass is 16.5. The summed E-state index contributed by atoms with van der Waals surface area (Å²) in [5.41, 5.74) is 4.25. The second-order valence-electron chi connectivity index (χ2n) is 6.27. The van der Waals surface area contributed by atoms with Crippen LogP contribution in [0.4, 0.5) is 5.69 Å². The molecule has 0 saturated carbocycles. The van der Waals surface area contributed by atoms with Crippen molar-refractivity contribution in [3.05, 3.63) is 53.5 Å². The molecule has 128 valence electrons. The Morgan fingerprint density at radius 1 is 1.12 bits per heavy atom. The van der Waals surface area contributed by atoms with Crippen molar-refractivity contribution in [3.63, 3.8) is 0 Å². The molecule has 1 aliphatic rings. The number of benzene rings is 1. The van der Waals surface area contributed by atoms with E-state index in [0.717, 1.165) is 25.0 Å². The van der Waals surface area contributed by atoms with E-state index < -0.39 is 0 Å². The van der Waals surface area contributed by atoms with Crippen LogP contribution in [0.3, 0.4) is 0 Å². The molecule has 1 aliphatic carbocycles. The molecule has 0 bridgehead atoms. The molecule has 25 heavy (non-hydrogen) atoms. The summed E-state index contributed by atoms with van der Waals surface area (Å²) < 4.78 is 6.97. The fourth-order valence-corrected chi connectivity index (χ4v) is 3.31. The van der Waals surface area contributed by atoms with E-state index >= 15 is 0 Å². The van der Waals surface area contributed by atoms with Crippen molar-refractivity contribution in [3.8, 4) is 5.75 Å². The topological polar surface area (TPSA) is 68.5 Å². The summed E-state index contributed by atoms with van der Waals surface area (Å²) in [7, 11) is 1.61. The summed E-state index contributed by atoms with van der Waals surface area (Å²) in [5.74, 6) is 0.541. The summed E-state index contributed by atoms with van der Waals surface area (Å²) in [6.45, 7) is 0. The Bertz CT molecular complexity index is 915. The lowest BCUT2D eigenvalue weighted by Gasteiger charge is -2.08. The van der Waals surface area contributed by atoms with E-state index in [1.54, 1.807) is 13.3 Å². The number of nitrogens with zero attached hydrogens (tertiary/aromatic N) is 3. The molecule has 0 unspecified atom stereocenters. The fourth-order valence-electron chi connectivity index (χ4n) is 3.31. The van der Waals surface area contributed by atoms with E-state index in [0.29, 0.717) is 16.9 Å². The number of aryl methyl sites for hydroxylation is 2. The molecule has 0 aliphatic heterocycles. The summed E-state index contributed by atoms with van der Waals surface area (Å²) in [4.78, 5) is 17.1. The van der Waals surface area contributed by atoms with Crippen molar-refractivity contribution >= 4 is 17.2 Å². The van der Waals surface area contributed by atoms with Crippen molar-refractivity contribution < 1.29 is 9.53 Å². The van der Waals surface area contributed by atoms with Crippen LogP contribution in [0.15, 0.2) is 36.7 Å². The maximum Gasteiger partial charge on any atom is 0.261 e. The van der Waals surface area contributed by atoms with Crippen LogP contribution >= 0.6 is 0 Å². The molecule has 6 heteroatoms. The monoisotopic (exact) mass is 336 g/mol. The summed E-state index contributed by atoms with van der Waals surface area (Å²) in [6.07, 6.45) is 9.09. The number of amides is 1. The smallest absolute Gasteiger partial charge is 0.261 e. The number of rotatable bonds is 3. The van der Waals surface area contributed by atoms with Crippen molar-refractivity contribution in [2.75, 3.05) is 12.4 Å². The molecule has 1 amide bonds. The number of fused-ring (bicyclic) bond motifs is 3. The van der Waals surface area contributed by atoms with Crippen LogP contribution in [-0.4, -0.2) is 27.6 Å². The van der Waals surface area contributed by atoms with Crippen molar-refractivity contribution in [1.82, 2.24) is 14.6 Å². The number of anilines is 1. The number of nitrogens with one attached hydrogen (secondary N) is 1. The van der Waals surface area contributed by atoms with Crippen LogP contribution in [0.5, 0.6) is 5.75 Å². The van der Waals surface area contributed by atoms with Crippen molar-refractivity contribution in [2.24, 2.45) is 0 Å². The maximum absolute atomic E-state index is 12.6. The van der Waals surface area contributed by atoms with Gasteiger partial charge in [0.1, 0.15) is 11.3 Å².